The molecule has 0 bridgehead atoms. The number of halogens is 2. The zero-order valence-corrected chi connectivity index (χ0v) is 12.8. The van der Waals surface area contributed by atoms with Gasteiger partial charge in [-0.25, -0.2) is 12.8 Å². The highest BCUT2D eigenvalue weighted by atomic mass is 127. The second kappa shape index (κ2) is 5.42. The topological polar surface area (TPSA) is 34.1 Å². The van der Waals surface area contributed by atoms with Crippen LogP contribution in [0.2, 0.25) is 0 Å². The molecule has 5 heteroatoms. The number of benzene rings is 2. The maximum Gasteiger partial charge on any atom is 0.206 e. The van der Waals surface area contributed by atoms with Crippen molar-refractivity contribution in [2.75, 3.05) is 0 Å². The number of hydrogen-bond acceptors (Lipinski definition) is 2. The molecule has 0 heterocycles. The summed E-state index contributed by atoms with van der Waals surface area (Å²) in [7, 11) is -3.69. The van der Waals surface area contributed by atoms with Crippen LogP contribution in [0.3, 0.4) is 0 Å². The lowest BCUT2D eigenvalue weighted by atomic mass is 10.2. The van der Waals surface area contributed by atoms with Crippen LogP contribution in [0.1, 0.15) is 5.56 Å². The fourth-order valence-electron chi connectivity index (χ4n) is 1.55. The lowest BCUT2D eigenvalue weighted by Crippen LogP contribution is -2.03. The highest BCUT2D eigenvalue weighted by molar-refractivity contribution is 14.1. The van der Waals surface area contributed by atoms with Crippen LogP contribution in [0.15, 0.2) is 60.0 Å². The molecule has 2 aromatic carbocycles. The molecule has 0 aliphatic heterocycles. The zero-order chi connectivity index (χ0) is 14.0. The highest BCUT2D eigenvalue weighted by Gasteiger charge is 2.20. The van der Waals surface area contributed by atoms with Crippen molar-refractivity contribution in [2.24, 2.45) is 0 Å². The Morgan fingerprint density at radius 3 is 2.05 bits per heavy atom. The number of sulfone groups is 1. The molecule has 0 aliphatic rings. The first-order valence-electron chi connectivity index (χ1n) is 5.37. The zero-order valence-electron chi connectivity index (χ0n) is 9.81. The maximum absolute atomic E-state index is 12.8. The van der Waals surface area contributed by atoms with Gasteiger partial charge in [0, 0.05) is 3.57 Å². The first kappa shape index (κ1) is 14.2. The summed E-state index contributed by atoms with van der Waals surface area (Å²) < 4.78 is 38.4. The van der Waals surface area contributed by atoms with Crippen LogP contribution >= 0.6 is 22.6 Å². The van der Waals surface area contributed by atoms with Gasteiger partial charge in [-0.05, 0) is 64.6 Å². The Kier molecular flexibility index (Phi) is 4.05. The van der Waals surface area contributed by atoms with E-state index in [2.05, 4.69) is 29.2 Å². The van der Waals surface area contributed by atoms with Gasteiger partial charge >= 0.3 is 0 Å². The Hall–Kier alpha value is -1.21. The molecule has 0 saturated heterocycles. The van der Waals surface area contributed by atoms with Gasteiger partial charge < -0.3 is 0 Å². The van der Waals surface area contributed by atoms with Gasteiger partial charge in [0.2, 0.25) is 9.84 Å². The Morgan fingerprint density at radius 2 is 1.53 bits per heavy atom. The van der Waals surface area contributed by atoms with E-state index in [0.717, 1.165) is 15.7 Å². The summed E-state index contributed by atoms with van der Waals surface area (Å²) in [6.45, 7) is 3.64. The van der Waals surface area contributed by atoms with Crippen LogP contribution in [0.5, 0.6) is 0 Å². The highest BCUT2D eigenvalue weighted by Crippen LogP contribution is 2.26. The Morgan fingerprint density at radius 1 is 1.00 bits per heavy atom. The largest absolute Gasteiger partial charge is 0.219 e. The van der Waals surface area contributed by atoms with Gasteiger partial charge in [-0.3, -0.25) is 0 Å². The normalized spacial score (nSPS) is 11.3. The molecule has 19 heavy (non-hydrogen) atoms. The third-order valence-electron chi connectivity index (χ3n) is 2.61. The summed E-state index contributed by atoms with van der Waals surface area (Å²) in [4.78, 5) is 0.0490. The second-order valence-electron chi connectivity index (χ2n) is 3.89. The van der Waals surface area contributed by atoms with Crippen molar-refractivity contribution in [3.8, 4) is 0 Å². The molecule has 2 nitrogen and oxygen atoms in total. The lowest BCUT2D eigenvalue weighted by molar-refractivity contribution is 0.604. The van der Waals surface area contributed by atoms with Crippen molar-refractivity contribution in [1.29, 1.82) is 0 Å². The third-order valence-corrected chi connectivity index (χ3v) is 5.11. The molecule has 0 unspecified atom stereocenters. The van der Waals surface area contributed by atoms with E-state index in [1.54, 1.807) is 24.3 Å². The van der Waals surface area contributed by atoms with Crippen LogP contribution in [0.25, 0.3) is 4.91 Å². The summed E-state index contributed by atoms with van der Waals surface area (Å²) in [5, 5.41) is 0. The number of rotatable bonds is 3. The standard InChI is InChI=1S/C14H10FIO2S/c1-10(11-2-6-13(16)7-3-11)19(17,18)14-8-4-12(15)5-9-14/h2-9H,1H2. The predicted molar refractivity (Wildman–Crippen MR) is 81.8 cm³/mol. The molecular weight excluding hydrogens is 378 g/mol. The van der Waals surface area contributed by atoms with Crippen molar-refractivity contribution in [3.05, 3.63) is 70.1 Å². The van der Waals surface area contributed by atoms with Crippen molar-refractivity contribution < 1.29 is 12.8 Å². The molecular formula is C14H10FIO2S. The van der Waals surface area contributed by atoms with Gasteiger partial charge in [0.05, 0.1) is 9.80 Å². The second-order valence-corrected chi connectivity index (χ2v) is 7.10. The van der Waals surface area contributed by atoms with E-state index >= 15 is 0 Å². The van der Waals surface area contributed by atoms with E-state index in [9.17, 15) is 12.8 Å². The first-order valence-corrected chi connectivity index (χ1v) is 7.93. The van der Waals surface area contributed by atoms with Gasteiger partial charge in [-0.1, -0.05) is 18.7 Å². The Balaban J connectivity index is 2.42. The molecule has 0 radical (unpaired) electrons. The molecule has 98 valence electrons. The molecule has 0 spiro atoms. The van der Waals surface area contributed by atoms with E-state index in [1.807, 2.05) is 0 Å². The van der Waals surface area contributed by atoms with Gasteiger partial charge in [0.25, 0.3) is 0 Å². The monoisotopic (exact) mass is 388 g/mol. The SMILES string of the molecule is C=C(c1ccc(I)cc1)S(=O)(=O)c1ccc(F)cc1. The maximum atomic E-state index is 12.8. The summed E-state index contributed by atoms with van der Waals surface area (Å²) in [6.07, 6.45) is 0. The minimum atomic E-state index is -3.69. The van der Waals surface area contributed by atoms with Crippen molar-refractivity contribution >= 4 is 37.3 Å². The average molecular weight is 388 g/mol. The predicted octanol–water partition coefficient (Wildman–Crippen LogP) is 3.87. The summed E-state index contributed by atoms with van der Waals surface area (Å²) in [6, 6.07) is 11.7. The van der Waals surface area contributed by atoms with Crippen LogP contribution in [-0.4, -0.2) is 8.42 Å². The van der Waals surface area contributed by atoms with Crippen LogP contribution in [0, 0.1) is 9.39 Å². The molecule has 2 rings (SSSR count). The summed E-state index contributed by atoms with van der Waals surface area (Å²) >= 11 is 2.14. The van der Waals surface area contributed by atoms with Crippen molar-refractivity contribution in [3.63, 3.8) is 0 Å². The van der Waals surface area contributed by atoms with E-state index in [0.29, 0.717) is 5.56 Å². The van der Waals surface area contributed by atoms with Crippen molar-refractivity contribution in [2.45, 2.75) is 4.90 Å². The fraction of sp³-hybridized carbons (Fsp3) is 0. The van der Waals surface area contributed by atoms with Crippen LogP contribution in [-0.2, 0) is 9.84 Å². The van der Waals surface area contributed by atoms with Crippen molar-refractivity contribution in [1.82, 2.24) is 0 Å². The molecule has 0 amide bonds. The quantitative estimate of drug-likeness (QED) is 0.591. The van der Waals surface area contributed by atoms with Gasteiger partial charge in [-0.15, -0.1) is 0 Å². The van der Waals surface area contributed by atoms with E-state index < -0.39 is 15.7 Å². The van der Waals surface area contributed by atoms with Gasteiger partial charge in [0.1, 0.15) is 5.82 Å². The Labute approximate surface area is 125 Å². The Bertz CT molecular complexity index is 704. The molecule has 0 aromatic heterocycles. The van der Waals surface area contributed by atoms with E-state index in [1.165, 1.54) is 12.1 Å². The first-order chi connectivity index (χ1) is 8.91. The lowest BCUT2D eigenvalue weighted by Gasteiger charge is -2.08. The summed E-state index contributed by atoms with van der Waals surface area (Å²) in [5.41, 5.74) is 0.532. The minimum Gasteiger partial charge on any atom is -0.219 e. The smallest absolute Gasteiger partial charge is 0.206 e. The summed E-state index contributed by atoms with van der Waals surface area (Å²) in [5.74, 6) is -0.473. The molecule has 2 aromatic rings. The fourth-order valence-corrected chi connectivity index (χ4v) is 3.13. The van der Waals surface area contributed by atoms with Crippen LogP contribution in [0.4, 0.5) is 4.39 Å². The van der Waals surface area contributed by atoms with E-state index in [4.69, 9.17) is 0 Å². The molecule has 0 fully saturated rings. The van der Waals surface area contributed by atoms with E-state index in [-0.39, 0.29) is 9.80 Å². The average Bonchev–Trinajstić information content (AvgIpc) is 2.39. The van der Waals surface area contributed by atoms with Crippen LogP contribution < -0.4 is 0 Å². The molecule has 0 atom stereocenters. The molecule has 0 aliphatic carbocycles. The molecule has 0 saturated carbocycles. The van der Waals surface area contributed by atoms with Gasteiger partial charge in [0.15, 0.2) is 0 Å². The minimum absolute atomic E-state index is 0.00973. The number of hydrogen-bond donors (Lipinski definition) is 0. The van der Waals surface area contributed by atoms with Gasteiger partial charge in [-0.2, -0.15) is 0 Å². The third kappa shape index (κ3) is 3.03. The molecule has 0 N–H and O–H groups in total.